The van der Waals surface area contributed by atoms with Gasteiger partial charge in [-0.1, -0.05) is 36.8 Å². The number of carbonyl (C=O) groups is 2. The van der Waals surface area contributed by atoms with Crippen molar-refractivity contribution >= 4 is 11.8 Å². The Morgan fingerprint density at radius 2 is 1.84 bits per heavy atom. The van der Waals surface area contributed by atoms with Crippen LogP contribution in [0.15, 0.2) is 42.9 Å². The van der Waals surface area contributed by atoms with Gasteiger partial charge in [-0.2, -0.15) is 0 Å². The van der Waals surface area contributed by atoms with Crippen LogP contribution in [-0.2, 0) is 22.4 Å². The normalized spacial score (nSPS) is 15.9. The molecule has 2 atom stereocenters. The molecule has 174 valence electrons. The van der Waals surface area contributed by atoms with E-state index in [1.807, 2.05) is 30.3 Å². The molecule has 5 N–H and O–H groups in total. The molecule has 1 aromatic carbocycles. The summed E-state index contributed by atoms with van der Waals surface area (Å²) in [5.41, 5.74) is 7.75. The summed E-state index contributed by atoms with van der Waals surface area (Å²) in [6.07, 6.45) is 9.80. The lowest BCUT2D eigenvalue weighted by molar-refractivity contribution is -0.129. The summed E-state index contributed by atoms with van der Waals surface area (Å²) >= 11 is 0. The fourth-order valence-corrected chi connectivity index (χ4v) is 4.04. The van der Waals surface area contributed by atoms with Crippen LogP contribution < -0.4 is 16.4 Å². The highest BCUT2D eigenvalue weighted by Crippen LogP contribution is 2.09. The third kappa shape index (κ3) is 8.09. The number of carbonyl (C=O) groups excluding carboxylic acids is 2. The minimum Gasteiger partial charge on any atom is -0.354 e. The zero-order chi connectivity index (χ0) is 22.6. The number of nitrogens with zero attached hydrogens (tertiary/aromatic N) is 2. The largest absolute Gasteiger partial charge is 0.354 e. The van der Waals surface area contributed by atoms with E-state index in [-0.39, 0.29) is 11.8 Å². The Morgan fingerprint density at radius 3 is 2.56 bits per heavy atom. The average Bonchev–Trinajstić information content (AvgIpc) is 3.50. The van der Waals surface area contributed by atoms with Crippen LogP contribution in [0.4, 0.5) is 0 Å². The van der Waals surface area contributed by atoms with Gasteiger partial charge in [0.05, 0.1) is 18.1 Å². The number of imidazole rings is 1. The van der Waals surface area contributed by atoms with E-state index in [9.17, 15) is 9.59 Å². The summed E-state index contributed by atoms with van der Waals surface area (Å²) in [5.74, 6) is -0.525. The summed E-state index contributed by atoms with van der Waals surface area (Å²) in [4.78, 5) is 35.0. The highest BCUT2D eigenvalue weighted by molar-refractivity contribution is 5.90. The first kappa shape index (κ1) is 23.9. The molecule has 1 aromatic heterocycles. The Bertz CT molecular complexity index is 805. The van der Waals surface area contributed by atoms with Gasteiger partial charge in [-0.3, -0.25) is 9.59 Å². The molecule has 32 heavy (non-hydrogen) atoms. The minimum atomic E-state index is -0.769. The molecular weight excluding hydrogens is 404 g/mol. The van der Waals surface area contributed by atoms with Crippen LogP contribution in [0.3, 0.4) is 0 Å². The number of H-pyrrole nitrogens is 1. The Kier molecular flexibility index (Phi) is 9.71. The quantitative estimate of drug-likeness (QED) is 0.351. The number of aromatic amines is 1. The molecule has 1 aliphatic heterocycles. The third-order valence-corrected chi connectivity index (χ3v) is 5.89. The number of amides is 2. The summed E-state index contributed by atoms with van der Waals surface area (Å²) in [6, 6.07) is 8.25. The van der Waals surface area contributed by atoms with E-state index in [0.29, 0.717) is 25.1 Å². The van der Waals surface area contributed by atoms with Crippen LogP contribution in [0.5, 0.6) is 0 Å². The van der Waals surface area contributed by atoms with Crippen molar-refractivity contribution in [3.63, 3.8) is 0 Å². The van der Waals surface area contributed by atoms with Gasteiger partial charge in [0.2, 0.25) is 11.8 Å². The zero-order valence-corrected chi connectivity index (χ0v) is 18.8. The van der Waals surface area contributed by atoms with Gasteiger partial charge in [-0.25, -0.2) is 4.98 Å². The van der Waals surface area contributed by atoms with Crippen LogP contribution in [-0.4, -0.2) is 64.9 Å². The molecule has 3 rings (SSSR count). The number of hydrogen-bond donors (Lipinski definition) is 4. The lowest BCUT2D eigenvalue weighted by Gasteiger charge is -2.21. The molecule has 0 radical (unpaired) electrons. The maximum Gasteiger partial charge on any atom is 0.242 e. The molecule has 8 heteroatoms. The van der Waals surface area contributed by atoms with Crippen molar-refractivity contribution in [2.45, 2.75) is 57.0 Å². The molecular formula is C24H36N6O2. The first-order chi connectivity index (χ1) is 15.6. The molecule has 2 heterocycles. The van der Waals surface area contributed by atoms with Crippen molar-refractivity contribution in [3.05, 3.63) is 54.1 Å². The SMILES string of the molecule is N[C@@H](Cc1c[nH]cn1)C(=O)N[C@@H](Cc1ccccc1)C(=O)NCCCCCN1CCCC1. The topological polar surface area (TPSA) is 116 Å². The maximum atomic E-state index is 12.9. The lowest BCUT2D eigenvalue weighted by Crippen LogP contribution is -2.53. The summed E-state index contributed by atoms with van der Waals surface area (Å²) in [6.45, 7) is 4.20. The van der Waals surface area contributed by atoms with E-state index in [2.05, 4.69) is 25.5 Å². The van der Waals surface area contributed by atoms with E-state index < -0.39 is 12.1 Å². The van der Waals surface area contributed by atoms with Crippen molar-refractivity contribution in [3.8, 4) is 0 Å². The van der Waals surface area contributed by atoms with Crippen molar-refractivity contribution in [1.29, 1.82) is 0 Å². The van der Waals surface area contributed by atoms with E-state index in [4.69, 9.17) is 5.73 Å². The maximum absolute atomic E-state index is 12.9. The second-order valence-electron chi connectivity index (χ2n) is 8.52. The van der Waals surface area contributed by atoms with Gasteiger partial charge in [0.15, 0.2) is 0 Å². The Labute approximate surface area is 190 Å². The molecule has 8 nitrogen and oxygen atoms in total. The molecule has 0 aliphatic carbocycles. The number of benzene rings is 1. The van der Waals surface area contributed by atoms with Gasteiger partial charge in [0, 0.05) is 25.6 Å². The number of nitrogens with two attached hydrogens (primary N) is 1. The third-order valence-electron chi connectivity index (χ3n) is 5.89. The van der Waals surface area contributed by atoms with Crippen LogP contribution in [0.2, 0.25) is 0 Å². The van der Waals surface area contributed by atoms with Gasteiger partial charge >= 0.3 is 0 Å². The van der Waals surface area contributed by atoms with Crippen LogP contribution in [0.1, 0.15) is 43.4 Å². The molecule has 0 saturated carbocycles. The second kappa shape index (κ2) is 13.0. The predicted molar refractivity (Wildman–Crippen MR) is 125 cm³/mol. The van der Waals surface area contributed by atoms with Crippen molar-refractivity contribution in [1.82, 2.24) is 25.5 Å². The fraction of sp³-hybridized carbons (Fsp3) is 0.542. The molecule has 2 amide bonds. The number of nitrogens with one attached hydrogen (secondary N) is 3. The first-order valence-electron chi connectivity index (χ1n) is 11.7. The average molecular weight is 441 g/mol. The van der Waals surface area contributed by atoms with Crippen molar-refractivity contribution in [2.24, 2.45) is 5.73 Å². The lowest BCUT2D eigenvalue weighted by atomic mass is 10.0. The van der Waals surface area contributed by atoms with E-state index in [0.717, 1.165) is 31.4 Å². The Hall–Kier alpha value is -2.71. The number of aromatic nitrogens is 2. The highest BCUT2D eigenvalue weighted by Gasteiger charge is 2.24. The zero-order valence-electron chi connectivity index (χ0n) is 18.8. The van der Waals surface area contributed by atoms with Crippen molar-refractivity contribution in [2.75, 3.05) is 26.2 Å². The van der Waals surface area contributed by atoms with Crippen LogP contribution in [0, 0.1) is 0 Å². The summed E-state index contributed by atoms with van der Waals surface area (Å²) in [5, 5.41) is 5.84. The molecule has 0 bridgehead atoms. The summed E-state index contributed by atoms with van der Waals surface area (Å²) in [7, 11) is 0. The number of hydrogen-bond acceptors (Lipinski definition) is 5. The van der Waals surface area contributed by atoms with Gasteiger partial charge < -0.3 is 26.3 Å². The van der Waals surface area contributed by atoms with Crippen molar-refractivity contribution < 1.29 is 9.59 Å². The number of likely N-dealkylation sites (tertiary alicyclic amines) is 1. The van der Waals surface area contributed by atoms with Crippen LogP contribution >= 0.6 is 0 Å². The Morgan fingerprint density at radius 1 is 1.06 bits per heavy atom. The number of rotatable bonds is 13. The van der Waals surface area contributed by atoms with E-state index >= 15 is 0 Å². The molecule has 1 aliphatic rings. The van der Waals surface area contributed by atoms with Gasteiger partial charge in [0.1, 0.15) is 6.04 Å². The van der Waals surface area contributed by atoms with Gasteiger partial charge in [-0.05, 0) is 50.9 Å². The molecule has 0 unspecified atom stereocenters. The molecule has 1 fully saturated rings. The second-order valence-corrected chi connectivity index (χ2v) is 8.52. The van der Waals surface area contributed by atoms with Gasteiger partial charge in [-0.15, -0.1) is 0 Å². The first-order valence-corrected chi connectivity index (χ1v) is 11.7. The predicted octanol–water partition coefficient (Wildman–Crippen LogP) is 1.39. The Balaban J connectivity index is 1.46. The van der Waals surface area contributed by atoms with Gasteiger partial charge in [0.25, 0.3) is 0 Å². The monoisotopic (exact) mass is 440 g/mol. The standard InChI is InChI=1S/C24H36N6O2/c25-21(16-20-17-26-18-28-20)23(31)29-22(15-19-9-3-1-4-10-19)24(32)27-11-5-2-6-12-30-13-7-8-14-30/h1,3-4,9-10,17-18,21-22H,2,5-8,11-16,25H2,(H,26,28)(H,27,32)(H,29,31)/t21-,22-/m0/s1. The smallest absolute Gasteiger partial charge is 0.242 e. The number of unbranched alkanes of at least 4 members (excludes halogenated alkanes) is 2. The van der Waals surface area contributed by atoms with E-state index in [1.54, 1.807) is 12.5 Å². The molecule has 0 spiro atoms. The highest BCUT2D eigenvalue weighted by atomic mass is 16.2. The minimum absolute atomic E-state index is 0.172. The van der Waals surface area contributed by atoms with E-state index in [1.165, 1.54) is 25.9 Å². The molecule has 2 aromatic rings. The van der Waals surface area contributed by atoms with Crippen LogP contribution in [0.25, 0.3) is 0 Å². The molecule has 1 saturated heterocycles. The summed E-state index contributed by atoms with van der Waals surface area (Å²) < 4.78 is 0. The fourth-order valence-electron chi connectivity index (χ4n) is 4.04.